The van der Waals surface area contributed by atoms with Gasteiger partial charge in [-0.1, -0.05) is 11.6 Å². The first-order chi connectivity index (χ1) is 12.1. The van der Waals surface area contributed by atoms with Crippen LogP contribution in [0.4, 0.5) is 4.79 Å². The zero-order chi connectivity index (χ0) is 19.1. The molecule has 2 aliphatic rings. The normalized spacial score (nSPS) is 19.8. The first-order valence-electron chi connectivity index (χ1n) is 8.55. The molecule has 2 heterocycles. The van der Waals surface area contributed by atoms with Gasteiger partial charge in [0.25, 0.3) is 5.91 Å². The third kappa shape index (κ3) is 4.26. The van der Waals surface area contributed by atoms with Gasteiger partial charge in [-0.05, 0) is 48.8 Å². The fourth-order valence-electron chi connectivity index (χ4n) is 3.06. The summed E-state index contributed by atoms with van der Waals surface area (Å²) in [6, 6.07) is 3.59. The Morgan fingerprint density at radius 2 is 1.81 bits per heavy atom. The Morgan fingerprint density at radius 1 is 1.19 bits per heavy atom. The molecule has 2 amide bonds. The van der Waals surface area contributed by atoms with Crippen LogP contribution in [0.15, 0.2) is 16.6 Å². The van der Waals surface area contributed by atoms with Gasteiger partial charge in [0.15, 0.2) is 6.10 Å². The molecule has 0 N–H and O–H groups in total. The number of ether oxygens (including phenoxy) is 2. The van der Waals surface area contributed by atoms with Gasteiger partial charge in [-0.2, -0.15) is 0 Å². The summed E-state index contributed by atoms with van der Waals surface area (Å²) < 4.78 is 12.0. The molecule has 1 atom stereocenters. The Hall–Kier alpha value is -1.47. The van der Waals surface area contributed by atoms with Crippen LogP contribution in [-0.2, 0) is 16.0 Å². The second-order valence-electron chi connectivity index (χ2n) is 7.48. The number of fused-ring (bicyclic) bond motifs is 1. The molecule has 6 nitrogen and oxygen atoms in total. The first-order valence-corrected chi connectivity index (χ1v) is 9.72. The number of halogens is 2. The maximum absolute atomic E-state index is 12.8. The van der Waals surface area contributed by atoms with E-state index in [4.69, 9.17) is 21.1 Å². The SMILES string of the molecule is CC(C)(C)OC(=O)N1CCN(C(=O)C2Cc3cc(Cl)cc(Br)c3O2)CC1. The molecule has 1 fully saturated rings. The summed E-state index contributed by atoms with van der Waals surface area (Å²) in [5.74, 6) is 0.619. The van der Waals surface area contributed by atoms with Gasteiger partial charge >= 0.3 is 6.09 Å². The molecule has 3 rings (SSSR count). The van der Waals surface area contributed by atoms with E-state index >= 15 is 0 Å². The van der Waals surface area contributed by atoms with E-state index in [1.165, 1.54) is 0 Å². The zero-order valence-corrected chi connectivity index (χ0v) is 17.4. The average Bonchev–Trinajstić information content (AvgIpc) is 2.97. The summed E-state index contributed by atoms with van der Waals surface area (Å²) in [6.45, 7) is 7.36. The van der Waals surface area contributed by atoms with Crippen LogP contribution < -0.4 is 4.74 Å². The molecule has 0 saturated carbocycles. The summed E-state index contributed by atoms with van der Waals surface area (Å²) in [6.07, 6.45) is -0.389. The van der Waals surface area contributed by atoms with Crippen molar-refractivity contribution in [2.45, 2.75) is 38.9 Å². The highest BCUT2D eigenvalue weighted by Crippen LogP contribution is 2.38. The van der Waals surface area contributed by atoms with Crippen molar-refractivity contribution in [2.75, 3.05) is 26.2 Å². The van der Waals surface area contributed by atoms with E-state index < -0.39 is 11.7 Å². The number of piperazine rings is 1. The number of hydrogen-bond donors (Lipinski definition) is 0. The van der Waals surface area contributed by atoms with Crippen molar-refractivity contribution in [2.24, 2.45) is 0 Å². The summed E-state index contributed by atoms with van der Waals surface area (Å²) in [7, 11) is 0. The van der Waals surface area contributed by atoms with Crippen LogP contribution >= 0.6 is 27.5 Å². The standard InChI is InChI=1S/C18H22BrClN2O4/c1-18(2,3)26-17(24)22-6-4-21(5-7-22)16(23)14-9-11-8-12(20)10-13(19)15(11)25-14/h8,10,14H,4-7,9H2,1-3H3. The third-order valence-electron chi connectivity index (χ3n) is 4.27. The number of carbonyl (C=O) groups is 2. The number of rotatable bonds is 1. The summed E-state index contributed by atoms with van der Waals surface area (Å²) in [5.41, 5.74) is 0.400. The first kappa shape index (κ1) is 19.3. The largest absolute Gasteiger partial charge is 0.479 e. The number of amides is 2. The summed E-state index contributed by atoms with van der Waals surface area (Å²) in [4.78, 5) is 28.3. The number of hydrogen-bond acceptors (Lipinski definition) is 4. The van der Waals surface area contributed by atoms with Crippen LogP contribution in [-0.4, -0.2) is 59.7 Å². The van der Waals surface area contributed by atoms with Gasteiger partial charge in [0.1, 0.15) is 11.4 Å². The van der Waals surface area contributed by atoms with Crippen LogP contribution in [0.5, 0.6) is 5.75 Å². The van der Waals surface area contributed by atoms with Gasteiger partial charge in [0.2, 0.25) is 0 Å². The number of benzene rings is 1. The molecular weight excluding hydrogens is 424 g/mol. The highest BCUT2D eigenvalue weighted by Gasteiger charge is 2.36. The van der Waals surface area contributed by atoms with Crippen LogP contribution in [0.3, 0.4) is 0 Å². The molecule has 0 spiro atoms. The predicted molar refractivity (Wildman–Crippen MR) is 102 cm³/mol. The molecule has 1 aromatic rings. The highest BCUT2D eigenvalue weighted by molar-refractivity contribution is 9.10. The highest BCUT2D eigenvalue weighted by atomic mass is 79.9. The fourth-order valence-corrected chi connectivity index (χ4v) is 4.03. The molecule has 0 aromatic heterocycles. The van der Waals surface area contributed by atoms with Gasteiger partial charge in [-0.15, -0.1) is 0 Å². The molecular formula is C18H22BrClN2O4. The molecule has 1 unspecified atom stereocenters. The second kappa shape index (κ2) is 7.27. The lowest BCUT2D eigenvalue weighted by Gasteiger charge is -2.36. The molecule has 0 radical (unpaired) electrons. The number of carbonyl (C=O) groups excluding carboxylic acids is 2. The van der Waals surface area contributed by atoms with Crippen LogP contribution in [0.2, 0.25) is 5.02 Å². The van der Waals surface area contributed by atoms with Crippen molar-refractivity contribution in [3.8, 4) is 5.75 Å². The molecule has 0 bridgehead atoms. The lowest BCUT2D eigenvalue weighted by atomic mass is 10.1. The van der Waals surface area contributed by atoms with Crippen LogP contribution in [0.25, 0.3) is 0 Å². The van der Waals surface area contributed by atoms with E-state index in [0.717, 1.165) is 10.0 Å². The van der Waals surface area contributed by atoms with Crippen LogP contribution in [0, 0.1) is 0 Å². The maximum Gasteiger partial charge on any atom is 0.410 e. The smallest absolute Gasteiger partial charge is 0.410 e. The van der Waals surface area contributed by atoms with Crippen molar-refractivity contribution in [1.82, 2.24) is 9.80 Å². The molecule has 142 valence electrons. The molecule has 8 heteroatoms. The molecule has 0 aliphatic carbocycles. The Bertz CT molecular complexity index is 727. The molecule has 26 heavy (non-hydrogen) atoms. The van der Waals surface area contributed by atoms with E-state index in [2.05, 4.69) is 15.9 Å². The second-order valence-corrected chi connectivity index (χ2v) is 8.77. The van der Waals surface area contributed by atoms with Gasteiger partial charge in [0.05, 0.1) is 4.47 Å². The Kier molecular flexibility index (Phi) is 5.40. The van der Waals surface area contributed by atoms with Crippen molar-refractivity contribution in [3.63, 3.8) is 0 Å². The van der Waals surface area contributed by atoms with Gasteiger partial charge in [-0.3, -0.25) is 4.79 Å². The fraction of sp³-hybridized carbons (Fsp3) is 0.556. The quantitative estimate of drug-likeness (QED) is 0.664. The van der Waals surface area contributed by atoms with Crippen molar-refractivity contribution < 1.29 is 19.1 Å². The molecule has 1 aromatic carbocycles. The Morgan fingerprint density at radius 3 is 2.42 bits per heavy atom. The maximum atomic E-state index is 12.8. The minimum absolute atomic E-state index is 0.0620. The summed E-state index contributed by atoms with van der Waals surface area (Å²) >= 11 is 9.49. The zero-order valence-electron chi connectivity index (χ0n) is 15.1. The Labute approximate surface area is 166 Å². The number of nitrogens with zero attached hydrogens (tertiary/aromatic N) is 2. The minimum Gasteiger partial charge on any atom is -0.479 e. The van der Waals surface area contributed by atoms with Crippen molar-refractivity contribution in [3.05, 3.63) is 27.2 Å². The molecule has 2 aliphatic heterocycles. The predicted octanol–water partition coefficient (Wildman–Crippen LogP) is 3.49. The van der Waals surface area contributed by atoms with Crippen LogP contribution in [0.1, 0.15) is 26.3 Å². The lowest BCUT2D eigenvalue weighted by molar-refractivity contribution is -0.139. The van der Waals surface area contributed by atoms with E-state index in [0.29, 0.717) is 43.4 Å². The monoisotopic (exact) mass is 444 g/mol. The lowest BCUT2D eigenvalue weighted by Crippen LogP contribution is -2.54. The molecule has 1 saturated heterocycles. The summed E-state index contributed by atoms with van der Waals surface area (Å²) in [5, 5.41) is 0.610. The third-order valence-corrected chi connectivity index (χ3v) is 5.08. The van der Waals surface area contributed by atoms with Gasteiger partial charge in [-0.25, -0.2) is 4.79 Å². The topological polar surface area (TPSA) is 59.1 Å². The van der Waals surface area contributed by atoms with E-state index in [-0.39, 0.29) is 12.0 Å². The van der Waals surface area contributed by atoms with E-state index in [1.54, 1.807) is 15.9 Å². The van der Waals surface area contributed by atoms with Gasteiger partial charge in [0, 0.05) is 43.2 Å². The average molecular weight is 446 g/mol. The van der Waals surface area contributed by atoms with E-state index in [1.807, 2.05) is 26.8 Å². The van der Waals surface area contributed by atoms with E-state index in [9.17, 15) is 9.59 Å². The van der Waals surface area contributed by atoms with Crippen molar-refractivity contribution in [1.29, 1.82) is 0 Å². The minimum atomic E-state index is -0.548. The Balaban J connectivity index is 1.57. The van der Waals surface area contributed by atoms with Crippen molar-refractivity contribution >= 4 is 39.5 Å². The van der Waals surface area contributed by atoms with Gasteiger partial charge < -0.3 is 19.3 Å².